The van der Waals surface area contributed by atoms with Gasteiger partial charge in [-0.3, -0.25) is 0 Å². The molecule has 77 valence electrons. The van der Waals surface area contributed by atoms with E-state index < -0.39 is 18.6 Å². The fourth-order valence-corrected chi connectivity index (χ4v) is 7.58. The maximum atomic E-state index is 6.24. The summed E-state index contributed by atoms with van der Waals surface area (Å²) in [6.07, 6.45) is 5.40. The van der Waals surface area contributed by atoms with E-state index in [1.54, 1.807) is 0 Å². The van der Waals surface area contributed by atoms with Gasteiger partial charge < -0.3 is 11.0 Å². The molecule has 12 heavy (non-hydrogen) atoms. The Morgan fingerprint density at radius 2 is 1.25 bits per heavy atom. The number of rotatable bonds is 6. The van der Waals surface area contributed by atoms with E-state index in [4.69, 9.17) is 8.92 Å². The van der Waals surface area contributed by atoms with Crippen molar-refractivity contribution in [1.29, 1.82) is 0 Å². The van der Waals surface area contributed by atoms with Crippen LogP contribution in [-0.4, -0.2) is 29.6 Å². The topological polar surface area (TPSA) is 63.0 Å². The molecule has 4 N–H and O–H groups in total. The second-order valence-corrected chi connectivity index (χ2v) is 12.1. The second-order valence-electron chi connectivity index (χ2n) is 2.72. The molecule has 0 rings (SSSR count). The van der Waals surface area contributed by atoms with Crippen LogP contribution in [0, 0.1) is 0 Å². The fourth-order valence-electron chi connectivity index (χ4n) is 0.862. The first-order valence-corrected chi connectivity index (χ1v) is 12.0. The third-order valence-corrected chi connectivity index (χ3v) is 9.25. The zero-order valence-electron chi connectivity index (χ0n) is 8.12. The molecular formula is C8H22ClO2Sn. The van der Waals surface area contributed by atoms with E-state index >= 15 is 0 Å². The Morgan fingerprint density at radius 1 is 0.917 bits per heavy atom. The molecule has 0 atom stereocenters. The Balaban J connectivity index is -0.000000405. The predicted octanol–water partition coefficient (Wildman–Crippen LogP) is 2.17. The normalized spacial score (nSPS) is 9.00. The first-order valence-electron chi connectivity index (χ1n) is 4.31. The van der Waals surface area contributed by atoms with Gasteiger partial charge in [0.05, 0.1) is 0 Å². The second kappa shape index (κ2) is 14.5. The van der Waals surface area contributed by atoms with Crippen LogP contribution in [0.4, 0.5) is 0 Å². The van der Waals surface area contributed by atoms with E-state index in [-0.39, 0.29) is 11.0 Å². The maximum Gasteiger partial charge on any atom is -0.412 e. The largest absolute Gasteiger partial charge is 0.412 e. The van der Waals surface area contributed by atoms with Gasteiger partial charge in [0, 0.05) is 0 Å². The van der Waals surface area contributed by atoms with E-state index in [9.17, 15) is 0 Å². The van der Waals surface area contributed by atoms with Crippen molar-refractivity contribution in [2.45, 2.75) is 48.4 Å². The van der Waals surface area contributed by atoms with Crippen molar-refractivity contribution < 1.29 is 11.0 Å². The van der Waals surface area contributed by atoms with Gasteiger partial charge in [0.1, 0.15) is 0 Å². The van der Waals surface area contributed by atoms with E-state index in [0.29, 0.717) is 0 Å². The molecule has 0 spiro atoms. The minimum Gasteiger partial charge on any atom is -0.412 e. The molecule has 0 aliphatic heterocycles. The average Bonchev–Trinajstić information content (AvgIpc) is 1.97. The molecule has 0 aliphatic rings. The van der Waals surface area contributed by atoms with Crippen molar-refractivity contribution >= 4 is 27.6 Å². The molecule has 0 aromatic carbocycles. The van der Waals surface area contributed by atoms with Gasteiger partial charge in [0.2, 0.25) is 0 Å². The Morgan fingerprint density at radius 3 is 1.50 bits per heavy atom. The summed E-state index contributed by atoms with van der Waals surface area (Å²) in [4.78, 5) is 0. The van der Waals surface area contributed by atoms with Gasteiger partial charge >= 0.3 is 76.0 Å². The molecule has 0 aliphatic carbocycles. The van der Waals surface area contributed by atoms with Crippen LogP contribution in [0.25, 0.3) is 0 Å². The molecular weight excluding hydrogens is 282 g/mol. The third kappa shape index (κ3) is 13.6. The number of hydrogen-bond donors (Lipinski definition) is 0. The molecule has 0 fully saturated rings. The minimum absolute atomic E-state index is 0. The molecule has 0 amide bonds. The van der Waals surface area contributed by atoms with Gasteiger partial charge in [-0.15, -0.1) is 0 Å². The molecule has 0 unspecified atom stereocenters. The summed E-state index contributed by atoms with van der Waals surface area (Å²) < 4.78 is 2.81. The maximum absolute atomic E-state index is 6.24. The molecule has 2 nitrogen and oxygen atoms in total. The molecule has 0 saturated heterocycles. The van der Waals surface area contributed by atoms with Gasteiger partial charge in [-0.2, -0.15) is 0 Å². The van der Waals surface area contributed by atoms with Crippen molar-refractivity contribution in [3.63, 3.8) is 0 Å². The predicted molar refractivity (Wildman–Crippen MR) is 58.3 cm³/mol. The summed E-state index contributed by atoms with van der Waals surface area (Å²) in [7, 11) is 6.24. The molecule has 1 radical (unpaired) electrons. The number of hydrogen-bond acceptors (Lipinski definition) is 0. The van der Waals surface area contributed by atoms with Crippen molar-refractivity contribution in [2.24, 2.45) is 0 Å². The molecule has 0 bridgehead atoms. The monoisotopic (exact) mass is 305 g/mol. The van der Waals surface area contributed by atoms with Gasteiger partial charge in [-0.25, -0.2) is 0 Å². The fraction of sp³-hybridized carbons (Fsp3) is 1.00. The molecule has 0 heterocycles. The van der Waals surface area contributed by atoms with Crippen LogP contribution < -0.4 is 0 Å². The number of unbranched alkanes of at least 4 members (excludes halogenated alkanes) is 2. The zero-order valence-corrected chi connectivity index (χ0v) is 11.7. The van der Waals surface area contributed by atoms with Crippen LogP contribution in [0.3, 0.4) is 0 Å². The Hall–Kier alpha value is 1.01. The van der Waals surface area contributed by atoms with Gasteiger partial charge in [0.15, 0.2) is 0 Å². The molecule has 4 heteroatoms. The Bertz CT molecular complexity index is 66.1. The Labute approximate surface area is 86.8 Å². The first kappa shape index (κ1) is 18.7. The van der Waals surface area contributed by atoms with Crippen LogP contribution in [0.5, 0.6) is 0 Å². The smallest absolute Gasteiger partial charge is 0.412 e. The SMILES string of the molecule is CCC[CH2][Sn]([Cl])[CH2]CCC.O.O. The zero-order chi connectivity index (χ0) is 7.82. The van der Waals surface area contributed by atoms with Crippen molar-refractivity contribution in [3.8, 4) is 0 Å². The van der Waals surface area contributed by atoms with Crippen molar-refractivity contribution in [2.75, 3.05) is 0 Å². The van der Waals surface area contributed by atoms with Crippen LogP contribution in [0.15, 0.2) is 0 Å². The van der Waals surface area contributed by atoms with Crippen LogP contribution in [-0.2, 0) is 0 Å². The van der Waals surface area contributed by atoms with Crippen LogP contribution >= 0.6 is 8.92 Å². The van der Waals surface area contributed by atoms with Crippen LogP contribution in [0.2, 0.25) is 8.87 Å². The standard InChI is InChI=1S/2C4H9.ClH.2H2O.Sn/c2*1-3-4-2;;;;/h2*1,3-4H2,2H3;1H;2*1H2;/q;;;;;+1/p-1. The van der Waals surface area contributed by atoms with E-state index in [1.807, 2.05) is 0 Å². The van der Waals surface area contributed by atoms with Crippen molar-refractivity contribution in [1.82, 2.24) is 0 Å². The first-order chi connectivity index (χ1) is 4.81. The summed E-state index contributed by atoms with van der Waals surface area (Å²) in [5.41, 5.74) is 0. The van der Waals surface area contributed by atoms with Gasteiger partial charge in [-0.05, 0) is 0 Å². The molecule has 0 saturated carbocycles. The summed E-state index contributed by atoms with van der Waals surface area (Å²) in [6.45, 7) is 4.49. The quantitative estimate of drug-likeness (QED) is 0.675. The van der Waals surface area contributed by atoms with Crippen molar-refractivity contribution in [3.05, 3.63) is 0 Å². The summed E-state index contributed by atoms with van der Waals surface area (Å²) in [6, 6.07) is 0. The summed E-state index contributed by atoms with van der Waals surface area (Å²) >= 11 is -1.27. The van der Waals surface area contributed by atoms with Gasteiger partial charge in [-0.1, -0.05) is 0 Å². The van der Waals surface area contributed by atoms with E-state index in [1.165, 1.54) is 34.6 Å². The third-order valence-electron chi connectivity index (χ3n) is 1.60. The summed E-state index contributed by atoms with van der Waals surface area (Å²) in [5.74, 6) is 0. The molecule has 0 aromatic heterocycles. The minimum atomic E-state index is -1.27. The van der Waals surface area contributed by atoms with Gasteiger partial charge in [0.25, 0.3) is 0 Å². The Kier molecular flexibility index (Phi) is 22.7. The van der Waals surface area contributed by atoms with E-state index in [2.05, 4.69) is 13.8 Å². The number of halogens is 1. The van der Waals surface area contributed by atoms with Crippen LogP contribution in [0.1, 0.15) is 39.5 Å². The summed E-state index contributed by atoms with van der Waals surface area (Å²) in [5, 5.41) is 0. The average molecular weight is 304 g/mol. The van der Waals surface area contributed by atoms with E-state index in [0.717, 1.165) is 0 Å². The molecule has 0 aromatic rings.